The van der Waals surface area contributed by atoms with Gasteiger partial charge in [-0.3, -0.25) is 0 Å². The fraction of sp³-hybridized carbons (Fsp3) is 0.692. The summed E-state index contributed by atoms with van der Waals surface area (Å²) >= 11 is 2.06. The Labute approximate surface area is 113 Å². The largest absolute Gasteiger partial charge is 0.481 e. The van der Waals surface area contributed by atoms with E-state index in [0.29, 0.717) is 17.9 Å². The van der Waals surface area contributed by atoms with E-state index in [-0.39, 0.29) is 0 Å². The van der Waals surface area contributed by atoms with Crippen LogP contribution in [0.5, 0.6) is 5.88 Å². The van der Waals surface area contributed by atoms with E-state index in [9.17, 15) is 0 Å². The molecule has 1 fully saturated rings. The lowest BCUT2D eigenvalue weighted by molar-refractivity contribution is 0.397. The molecule has 0 spiro atoms. The number of aromatic nitrogens is 2. The Morgan fingerprint density at radius 3 is 3.00 bits per heavy atom. The molecule has 2 unspecified atom stereocenters. The van der Waals surface area contributed by atoms with Gasteiger partial charge in [0.2, 0.25) is 11.8 Å². The first-order valence-corrected chi connectivity index (χ1v) is 7.54. The van der Waals surface area contributed by atoms with Gasteiger partial charge in [-0.2, -0.15) is 16.7 Å². The van der Waals surface area contributed by atoms with Crippen LogP contribution in [-0.2, 0) is 0 Å². The van der Waals surface area contributed by atoms with Crippen molar-refractivity contribution >= 4 is 17.7 Å². The van der Waals surface area contributed by atoms with E-state index in [1.54, 1.807) is 7.11 Å². The van der Waals surface area contributed by atoms with Gasteiger partial charge >= 0.3 is 0 Å². The Hall–Kier alpha value is -0.970. The zero-order chi connectivity index (χ0) is 13.0. The number of aryl methyl sites for hydroxylation is 1. The molecule has 0 bridgehead atoms. The lowest BCUT2D eigenvalue weighted by Gasteiger charge is -2.13. The van der Waals surface area contributed by atoms with E-state index < -0.39 is 0 Å². The number of methoxy groups -OCH3 is 1. The summed E-state index contributed by atoms with van der Waals surface area (Å²) in [7, 11) is 1.63. The number of rotatable bonds is 5. The molecule has 1 aliphatic carbocycles. The molecule has 2 atom stereocenters. The maximum atomic E-state index is 5.16. The second-order valence-corrected chi connectivity index (χ2v) is 6.18. The van der Waals surface area contributed by atoms with Crippen molar-refractivity contribution in [2.24, 2.45) is 0 Å². The highest BCUT2D eigenvalue weighted by Gasteiger charge is 2.25. The maximum Gasteiger partial charge on any atom is 0.226 e. The topological polar surface area (TPSA) is 47.0 Å². The fourth-order valence-corrected chi connectivity index (χ4v) is 3.49. The Morgan fingerprint density at radius 1 is 1.44 bits per heavy atom. The molecule has 18 heavy (non-hydrogen) atoms. The molecule has 0 saturated heterocycles. The molecule has 100 valence electrons. The highest BCUT2D eigenvalue weighted by Crippen LogP contribution is 2.31. The molecule has 1 aromatic rings. The molecule has 0 radical (unpaired) electrons. The summed E-state index contributed by atoms with van der Waals surface area (Å²) in [5, 5.41) is 4.22. The fourth-order valence-electron chi connectivity index (χ4n) is 2.35. The van der Waals surface area contributed by atoms with Crippen molar-refractivity contribution in [1.82, 2.24) is 9.97 Å². The third-order valence-electron chi connectivity index (χ3n) is 3.16. The Balaban J connectivity index is 1.95. The van der Waals surface area contributed by atoms with Crippen LogP contribution in [0, 0.1) is 6.92 Å². The van der Waals surface area contributed by atoms with Gasteiger partial charge in [0.25, 0.3) is 0 Å². The molecule has 4 nitrogen and oxygen atoms in total. The molecule has 5 heteroatoms. The van der Waals surface area contributed by atoms with Crippen molar-refractivity contribution in [3.05, 3.63) is 11.8 Å². The van der Waals surface area contributed by atoms with Gasteiger partial charge in [0.1, 0.15) is 0 Å². The van der Waals surface area contributed by atoms with Crippen LogP contribution in [0.4, 0.5) is 5.95 Å². The third kappa shape index (κ3) is 3.51. The minimum Gasteiger partial charge on any atom is -0.481 e. The van der Waals surface area contributed by atoms with E-state index in [4.69, 9.17) is 4.74 Å². The highest BCUT2D eigenvalue weighted by atomic mass is 32.2. The van der Waals surface area contributed by atoms with E-state index in [1.807, 2.05) is 13.0 Å². The van der Waals surface area contributed by atoms with Gasteiger partial charge in [-0.15, -0.1) is 0 Å². The molecule has 1 aromatic heterocycles. The van der Waals surface area contributed by atoms with Crippen LogP contribution in [-0.4, -0.2) is 34.1 Å². The molecule has 0 aliphatic heterocycles. The summed E-state index contributed by atoms with van der Waals surface area (Å²) in [4.78, 5) is 8.74. The summed E-state index contributed by atoms with van der Waals surface area (Å²) in [6.07, 6.45) is 3.70. The maximum absolute atomic E-state index is 5.16. The quantitative estimate of drug-likeness (QED) is 0.889. The molecule has 1 heterocycles. The lowest BCUT2D eigenvalue weighted by atomic mass is 10.2. The minimum absolute atomic E-state index is 0.501. The average Bonchev–Trinajstić information content (AvgIpc) is 2.76. The Kier molecular flexibility index (Phi) is 4.69. The number of nitrogens with one attached hydrogen (secondary N) is 1. The first-order valence-electron chi connectivity index (χ1n) is 6.49. The monoisotopic (exact) mass is 267 g/mol. The number of ether oxygens (including phenoxy) is 1. The summed E-state index contributed by atoms with van der Waals surface area (Å²) in [5.41, 5.74) is 0.932. The number of hydrogen-bond acceptors (Lipinski definition) is 5. The standard InChI is InChI=1S/C13H21N3OS/c1-4-18-11-6-5-10(8-11)15-13-14-9(2)7-12(16-13)17-3/h7,10-11H,4-6,8H2,1-3H3,(H,14,15,16). The van der Waals surface area contributed by atoms with Crippen LogP contribution < -0.4 is 10.1 Å². The van der Waals surface area contributed by atoms with Gasteiger partial charge in [0.05, 0.1) is 7.11 Å². The summed E-state index contributed by atoms with van der Waals surface area (Å²) < 4.78 is 5.16. The van der Waals surface area contributed by atoms with Gasteiger partial charge in [0.15, 0.2) is 0 Å². The average molecular weight is 267 g/mol. The SMILES string of the molecule is CCSC1CCC(Nc2nc(C)cc(OC)n2)C1. The van der Waals surface area contributed by atoms with E-state index in [1.165, 1.54) is 25.0 Å². The van der Waals surface area contributed by atoms with Crippen molar-refractivity contribution in [2.75, 3.05) is 18.2 Å². The minimum atomic E-state index is 0.501. The van der Waals surface area contributed by atoms with Gasteiger partial charge in [-0.1, -0.05) is 6.92 Å². The van der Waals surface area contributed by atoms with Crippen molar-refractivity contribution in [3.8, 4) is 5.88 Å². The zero-order valence-electron chi connectivity index (χ0n) is 11.3. The predicted molar refractivity (Wildman–Crippen MR) is 76.5 cm³/mol. The van der Waals surface area contributed by atoms with Crippen LogP contribution in [0.1, 0.15) is 31.9 Å². The molecule has 1 saturated carbocycles. The Bertz CT molecular complexity index is 400. The number of thioether (sulfide) groups is 1. The first kappa shape index (κ1) is 13.5. The Morgan fingerprint density at radius 2 is 2.28 bits per heavy atom. The van der Waals surface area contributed by atoms with Gasteiger partial charge in [0, 0.05) is 23.1 Å². The van der Waals surface area contributed by atoms with Gasteiger partial charge < -0.3 is 10.1 Å². The van der Waals surface area contributed by atoms with Crippen LogP contribution in [0.15, 0.2) is 6.07 Å². The molecule has 1 N–H and O–H groups in total. The van der Waals surface area contributed by atoms with E-state index in [0.717, 1.165) is 10.9 Å². The number of hydrogen-bond donors (Lipinski definition) is 1. The van der Waals surface area contributed by atoms with Crippen molar-refractivity contribution in [1.29, 1.82) is 0 Å². The summed E-state index contributed by atoms with van der Waals surface area (Å²) in [5.74, 6) is 2.52. The normalized spacial score (nSPS) is 23.1. The molecule has 1 aliphatic rings. The van der Waals surface area contributed by atoms with Crippen molar-refractivity contribution in [3.63, 3.8) is 0 Å². The van der Waals surface area contributed by atoms with Gasteiger partial charge in [-0.25, -0.2) is 4.98 Å². The second-order valence-electron chi connectivity index (χ2n) is 4.61. The van der Waals surface area contributed by atoms with Crippen LogP contribution in [0.2, 0.25) is 0 Å². The molecule has 0 aromatic carbocycles. The molecular weight excluding hydrogens is 246 g/mol. The predicted octanol–water partition coefficient (Wildman–Crippen LogP) is 2.88. The van der Waals surface area contributed by atoms with E-state index in [2.05, 4.69) is 34.0 Å². The molecular formula is C13H21N3OS. The molecule has 2 rings (SSSR count). The van der Waals surface area contributed by atoms with Crippen molar-refractivity contribution < 1.29 is 4.74 Å². The van der Waals surface area contributed by atoms with Gasteiger partial charge in [-0.05, 0) is 31.9 Å². The number of nitrogens with zero attached hydrogens (tertiary/aromatic N) is 2. The summed E-state index contributed by atoms with van der Waals surface area (Å²) in [6, 6.07) is 2.34. The third-order valence-corrected chi connectivity index (χ3v) is 4.39. The van der Waals surface area contributed by atoms with Crippen LogP contribution >= 0.6 is 11.8 Å². The second kappa shape index (κ2) is 6.27. The van der Waals surface area contributed by atoms with Crippen LogP contribution in [0.25, 0.3) is 0 Å². The van der Waals surface area contributed by atoms with Crippen molar-refractivity contribution in [2.45, 2.75) is 44.4 Å². The zero-order valence-corrected chi connectivity index (χ0v) is 12.1. The van der Waals surface area contributed by atoms with E-state index >= 15 is 0 Å². The first-order chi connectivity index (χ1) is 8.71. The highest BCUT2D eigenvalue weighted by molar-refractivity contribution is 7.99. The van der Waals surface area contributed by atoms with Crippen LogP contribution in [0.3, 0.4) is 0 Å². The molecule has 0 amide bonds. The summed E-state index contributed by atoms with van der Waals surface area (Å²) in [6.45, 7) is 4.18. The number of anilines is 1. The lowest BCUT2D eigenvalue weighted by Crippen LogP contribution is -2.18. The smallest absolute Gasteiger partial charge is 0.226 e.